The van der Waals surface area contributed by atoms with Crippen LogP contribution in [0.4, 0.5) is 9.18 Å². The molecule has 1 amide bonds. The minimum Gasteiger partial charge on any atom is -0.460 e. The number of alkyl halides is 1. The van der Waals surface area contributed by atoms with Crippen molar-refractivity contribution in [3.63, 3.8) is 0 Å². The van der Waals surface area contributed by atoms with Crippen molar-refractivity contribution in [2.24, 2.45) is 28.6 Å². The molecule has 5 rings (SSSR count). The van der Waals surface area contributed by atoms with Crippen molar-refractivity contribution in [3.8, 4) is 0 Å². The highest BCUT2D eigenvalue weighted by molar-refractivity contribution is 6.01. The van der Waals surface area contributed by atoms with Crippen LogP contribution < -0.4 is 5.32 Å². The van der Waals surface area contributed by atoms with Crippen molar-refractivity contribution in [2.45, 2.75) is 64.3 Å². The van der Waals surface area contributed by atoms with Crippen LogP contribution in [0.3, 0.4) is 0 Å². The summed E-state index contributed by atoms with van der Waals surface area (Å²) in [7, 11) is 0. The molecule has 1 aromatic rings. The number of nitrogens with zero attached hydrogens (tertiary/aromatic N) is 1. The number of ether oxygens (including phenoxy) is 2. The van der Waals surface area contributed by atoms with Crippen molar-refractivity contribution in [1.29, 1.82) is 0 Å². The number of hydrogen-bond donors (Lipinski definition) is 4. The van der Waals surface area contributed by atoms with Crippen molar-refractivity contribution in [1.82, 2.24) is 10.7 Å². The van der Waals surface area contributed by atoms with Crippen molar-refractivity contribution in [2.75, 3.05) is 19.8 Å². The molecule has 3 unspecified atom stereocenters. The number of benzene rings is 1. The zero-order valence-electron chi connectivity index (χ0n) is 25.2. The molecular weight excluding hydrogens is 591 g/mol. The number of allylic oxidation sites excluding steroid dienone is 4. The van der Waals surface area contributed by atoms with Crippen LogP contribution in [-0.4, -0.2) is 76.1 Å². The first-order chi connectivity index (χ1) is 21.3. The average Bonchev–Trinajstić information content (AvgIpc) is 3.34. The van der Waals surface area contributed by atoms with E-state index in [1.165, 1.54) is 24.3 Å². The van der Waals surface area contributed by atoms with E-state index in [-0.39, 0.29) is 49.2 Å². The first-order valence-electron chi connectivity index (χ1n) is 15.1. The number of alkyl carbamates (subject to hydrolysis) is 1. The van der Waals surface area contributed by atoms with E-state index in [1.54, 1.807) is 25.1 Å². The van der Waals surface area contributed by atoms with E-state index >= 15 is 4.39 Å². The summed E-state index contributed by atoms with van der Waals surface area (Å²) in [5.74, 6) is -2.29. The number of ketones is 2. The third kappa shape index (κ3) is 6.07. The quantitative estimate of drug-likeness (QED) is 0.169. The number of esters is 1. The molecule has 0 saturated heterocycles. The van der Waals surface area contributed by atoms with Gasteiger partial charge in [0.15, 0.2) is 23.8 Å². The smallest absolute Gasteiger partial charge is 0.407 e. The Balaban J connectivity index is 1.11. The number of fused-ring (bicyclic) bond motifs is 5. The Hall–Kier alpha value is -3.49. The highest BCUT2D eigenvalue weighted by Gasteiger charge is 2.70. The van der Waals surface area contributed by atoms with Crippen LogP contribution >= 0.6 is 0 Å². The monoisotopic (exact) mass is 630 g/mol. The van der Waals surface area contributed by atoms with Gasteiger partial charge in [0.2, 0.25) is 0 Å². The summed E-state index contributed by atoms with van der Waals surface area (Å²) in [4.78, 5) is 54.4. The molecule has 1 aromatic carbocycles. The fourth-order valence-corrected chi connectivity index (χ4v) is 8.33. The van der Waals surface area contributed by atoms with E-state index in [9.17, 15) is 24.3 Å². The Morgan fingerprint density at radius 2 is 1.89 bits per heavy atom. The van der Waals surface area contributed by atoms with Gasteiger partial charge in [0.1, 0.15) is 6.61 Å². The van der Waals surface area contributed by atoms with E-state index < -0.39 is 58.5 Å². The predicted octanol–water partition coefficient (Wildman–Crippen LogP) is 3.64. The normalized spacial score (nSPS) is 33.5. The molecule has 0 spiro atoms. The number of rotatable bonds is 10. The van der Waals surface area contributed by atoms with Crippen LogP contribution in [0.15, 0.2) is 48.1 Å². The molecule has 0 heterocycles. The number of carbonyl (C=O) groups excluding carboxylic acids is 4. The van der Waals surface area contributed by atoms with Crippen LogP contribution in [-0.2, 0) is 30.5 Å². The van der Waals surface area contributed by atoms with Gasteiger partial charge < -0.3 is 19.9 Å². The van der Waals surface area contributed by atoms with Crippen LogP contribution in [0.5, 0.6) is 0 Å². The summed E-state index contributed by atoms with van der Waals surface area (Å²) in [5.41, 5.74) is -2.35. The minimum absolute atomic E-state index is 0.0729. The third-order valence-corrected chi connectivity index (χ3v) is 10.5. The van der Waals surface area contributed by atoms with Gasteiger partial charge in [-0.25, -0.2) is 18.8 Å². The lowest BCUT2D eigenvalue weighted by atomic mass is 9.45. The number of aliphatic hydroxyl groups is 1. The summed E-state index contributed by atoms with van der Waals surface area (Å²) in [6, 6.07) is 6.12. The highest BCUT2D eigenvalue weighted by Crippen LogP contribution is 2.68. The third-order valence-electron chi connectivity index (χ3n) is 10.5. The lowest BCUT2D eigenvalue weighted by Gasteiger charge is -2.62. The minimum atomic E-state index is -1.96. The Labute approximate surface area is 259 Å². The van der Waals surface area contributed by atoms with E-state index in [4.69, 9.17) is 19.9 Å². The van der Waals surface area contributed by atoms with Crippen molar-refractivity contribution < 1.29 is 53.4 Å². The molecule has 244 valence electrons. The second-order valence-electron chi connectivity index (χ2n) is 12.8. The lowest BCUT2D eigenvalue weighted by Crippen LogP contribution is -2.66. The Bertz CT molecular complexity index is 1410. The van der Waals surface area contributed by atoms with Crippen LogP contribution in [0, 0.1) is 28.6 Å². The zero-order chi connectivity index (χ0) is 32.6. The van der Waals surface area contributed by atoms with Gasteiger partial charge in [-0.05, 0) is 80.2 Å². The molecule has 12 nitrogen and oxygen atoms in total. The van der Waals surface area contributed by atoms with Crippen LogP contribution in [0.25, 0.3) is 0 Å². The predicted molar refractivity (Wildman–Crippen MR) is 153 cm³/mol. The molecular formula is C32H39FN2O10. The molecule has 7 atom stereocenters. The van der Waals surface area contributed by atoms with Crippen LogP contribution in [0.2, 0.25) is 0 Å². The molecule has 4 aliphatic carbocycles. The van der Waals surface area contributed by atoms with Gasteiger partial charge in [-0.2, -0.15) is 0 Å². The molecule has 13 heteroatoms. The van der Waals surface area contributed by atoms with Crippen molar-refractivity contribution >= 4 is 23.6 Å². The molecule has 0 aromatic heterocycles. The zero-order valence-corrected chi connectivity index (χ0v) is 25.2. The number of nitrogens with one attached hydrogen (secondary N) is 1. The number of amides is 1. The molecule has 4 aliphatic rings. The summed E-state index contributed by atoms with van der Waals surface area (Å²) in [5, 5.41) is 30.6. The van der Waals surface area contributed by atoms with Gasteiger partial charge in [-0.3, -0.25) is 20.0 Å². The largest absolute Gasteiger partial charge is 0.460 e. The summed E-state index contributed by atoms with van der Waals surface area (Å²) < 4.78 is 27.4. The average molecular weight is 631 g/mol. The van der Waals surface area contributed by atoms with Gasteiger partial charge in [0, 0.05) is 17.3 Å². The number of carbonyl (C=O) groups is 4. The fraction of sp³-hybridized carbons (Fsp3) is 0.562. The van der Waals surface area contributed by atoms with Crippen LogP contribution in [0.1, 0.15) is 61.9 Å². The van der Waals surface area contributed by atoms with E-state index in [1.807, 2.05) is 6.92 Å². The highest BCUT2D eigenvalue weighted by atomic mass is 19.1. The van der Waals surface area contributed by atoms with Gasteiger partial charge in [-0.1, -0.05) is 30.7 Å². The second-order valence-corrected chi connectivity index (χ2v) is 12.8. The second kappa shape index (κ2) is 12.7. The SMILES string of the molecule is C[C@]12C[C@H](O)C3(F)[C@@H](CCC4=CC(=O)C=C[C@@]43C)C1CCC2C(=O)COC(=O)NCCOC(=O)c1cccc(CON(O)O)c1. The van der Waals surface area contributed by atoms with Crippen molar-refractivity contribution in [3.05, 3.63) is 59.2 Å². The molecule has 0 radical (unpaired) electrons. The van der Waals surface area contributed by atoms with E-state index in [2.05, 4.69) is 10.2 Å². The van der Waals surface area contributed by atoms with Gasteiger partial charge >= 0.3 is 12.1 Å². The molecule has 4 N–H and O–H groups in total. The Morgan fingerprint density at radius 1 is 1.11 bits per heavy atom. The Morgan fingerprint density at radius 3 is 2.64 bits per heavy atom. The molecule has 45 heavy (non-hydrogen) atoms. The standard InChI is InChI=1S/C32H39FN2O10/c1-30-16-27(38)32(33)24(7-6-21-15-22(36)10-11-31(21,32)2)23(30)8-9-25(30)26(37)18-44-29(40)34-12-13-43-28(39)20-5-3-4-19(14-20)17-45-35(41)42/h3-5,10-11,14-15,23-25,27,38,41-42H,6-9,12-13,16-18H2,1-2H3,(H,34,40)/t23?,24-,25?,27-,30-,31-,32?/m0/s1. The maximum Gasteiger partial charge on any atom is 0.407 e. The molecule has 3 saturated carbocycles. The number of Topliss-reactive ketones (excluding diaryl/α,β-unsaturated/α-hetero) is 1. The van der Waals surface area contributed by atoms with Gasteiger partial charge in [-0.15, -0.1) is 0 Å². The summed E-state index contributed by atoms with van der Waals surface area (Å²) in [6.07, 6.45) is 4.51. The lowest BCUT2D eigenvalue weighted by molar-refractivity contribution is -0.497. The summed E-state index contributed by atoms with van der Waals surface area (Å²) >= 11 is 0. The Kier molecular flexibility index (Phi) is 9.30. The fourth-order valence-electron chi connectivity index (χ4n) is 8.33. The van der Waals surface area contributed by atoms with E-state index in [0.29, 0.717) is 36.8 Å². The topological polar surface area (TPSA) is 172 Å². The molecule has 0 bridgehead atoms. The summed E-state index contributed by atoms with van der Waals surface area (Å²) in [6.45, 7) is 2.76. The number of hydrogen-bond acceptors (Lipinski definition) is 11. The first kappa shape index (κ1) is 32.9. The number of halogens is 1. The van der Waals surface area contributed by atoms with E-state index in [0.717, 1.165) is 0 Å². The van der Waals surface area contributed by atoms with Gasteiger partial charge in [0.05, 0.1) is 30.2 Å². The van der Waals surface area contributed by atoms with Gasteiger partial charge in [0.25, 0.3) is 0 Å². The maximum absolute atomic E-state index is 17.1. The number of aliphatic hydroxyl groups excluding tert-OH is 1. The first-order valence-corrected chi connectivity index (χ1v) is 15.1. The molecule has 0 aliphatic heterocycles. The molecule has 3 fully saturated rings. The maximum atomic E-state index is 17.1.